The van der Waals surface area contributed by atoms with E-state index in [1.807, 2.05) is 27.7 Å². The zero-order chi connectivity index (χ0) is 15.3. The van der Waals surface area contributed by atoms with Crippen molar-refractivity contribution < 1.29 is 14.8 Å². The first kappa shape index (κ1) is 16.2. The fourth-order valence-electron chi connectivity index (χ4n) is 1.73. The van der Waals surface area contributed by atoms with Gasteiger partial charge in [0.05, 0.1) is 6.04 Å². The van der Waals surface area contributed by atoms with Crippen LogP contribution < -0.4 is 10.8 Å². The molecule has 2 amide bonds. The minimum atomic E-state index is -0.552. The smallest absolute Gasteiger partial charge is 0.274 e. The second kappa shape index (κ2) is 6.52. The second-order valence-corrected chi connectivity index (χ2v) is 5.75. The maximum absolute atomic E-state index is 12.0. The van der Waals surface area contributed by atoms with Crippen LogP contribution in [-0.4, -0.2) is 17.0 Å². The molecule has 0 fully saturated rings. The fourth-order valence-corrected chi connectivity index (χ4v) is 1.73. The molecule has 0 unspecified atom stereocenters. The van der Waals surface area contributed by atoms with Gasteiger partial charge in [0.15, 0.2) is 0 Å². The van der Waals surface area contributed by atoms with E-state index in [4.69, 9.17) is 5.21 Å². The fraction of sp³-hybridized carbons (Fsp3) is 0.467. The molecular formula is C15H22N2O3. The predicted molar refractivity (Wildman–Crippen MR) is 76.3 cm³/mol. The SMILES string of the molecule is CC[C@H](NC(=O)C(C)(C)C)c1ccc(C(=O)NO)cc1. The molecule has 0 saturated carbocycles. The van der Waals surface area contributed by atoms with E-state index in [-0.39, 0.29) is 11.9 Å². The Labute approximate surface area is 119 Å². The Hall–Kier alpha value is -1.88. The van der Waals surface area contributed by atoms with Crippen LogP contribution >= 0.6 is 0 Å². The van der Waals surface area contributed by atoms with Gasteiger partial charge >= 0.3 is 0 Å². The van der Waals surface area contributed by atoms with Crippen LogP contribution in [0.1, 0.15) is 56.1 Å². The molecule has 0 aromatic heterocycles. The molecule has 0 aliphatic rings. The van der Waals surface area contributed by atoms with E-state index < -0.39 is 11.3 Å². The van der Waals surface area contributed by atoms with Crippen molar-refractivity contribution in [3.63, 3.8) is 0 Å². The zero-order valence-corrected chi connectivity index (χ0v) is 12.4. The van der Waals surface area contributed by atoms with Crippen LogP contribution in [0.4, 0.5) is 0 Å². The monoisotopic (exact) mass is 278 g/mol. The Morgan fingerprint density at radius 3 is 2.15 bits per heavy atom. The summed E-state index contributed by atoms with van der Waals surface area (Å²) in [6, 6.07) is 6.70. The summed E-state index contributed by atoms with van der Waals surface area (Å²) < 4.78 is 0. The predicted octanol–water partition coefficient (Wildman–Crippen LogP) is 2.42. The molecule has 1 aromatic carbocycles. The van der Waals surface area contributed by atoms with Crippen LogP contribution in [0, 0.1) is 5.41 Å². The lowest BCUT2D eigenvalue weighted by Crippen LogP contribution is -2.37. The first-order chi connectivity index (χ1) is 9.29. The van der Waals surface area contributed by atoms with Gasteiger partial charge < -0.3 is 5.32 Å². The molecule has 0 bridgehead atoms. The molecule has 0 spiro atoms. The molecule has 0 heterocycles. The first-order valence-corrected chi connectivity index (χ1v) is 6.65. The van der Waals surface area contributed by atoms with E-state index in [0.29, 0.717) is 5.56 Å². The van der Waals surface area contributed by atoms with Gasteiger partial charge in [0.1, 0.15) is 0 Å². The second-order valence-electron chi connectivity index (χ2n) is 5.75. The molecule has 5 nitrogen and oxygen atoms in total. The molecule has 0 aliphatic heterocycles. The van der Waals surface area contributed by atoms with E-state index in [1.165, 1.54) is 0 Å². The highest BCUT2D eigenvalue weighted by Gasteiger charge is 2.24. The van der Waals surface area contributed by atoms with Crippen molar-refractivity contribution in [2.75, 3.05) is 0 Å². The third kappa shape index (κ3) is 4.06. The Morgan fingerprint density at radius 2 is 1.75 bits per heavy atom. The molecule has 1 aromatic rings. The highest BCUT2D eigenvalue weighted by Crippen LogP contribution is 2.21. The Bertz CT molecular complexity index is 475. The number of amides is 2. The molecule has 20 heavy (non-hydrogen) atoms. The van der Waals surface area contributed by atoms with Gasteiger partial charge in [0.25, 0.3) is 5.91 Å². The minimum absolute atomic E-state index is 0.0125. The number of rotatable bonds is 4. The van der Waals surface area contributed by atoms with E-state index in [2.05, 4.69) is 5.32 Å². The summed E-state index contributed by atoms with van der Waals surface area (Å²) in [6.45, 7) is 7.58. The van der Waals surface area contributed by atoms with Crippen molar-refractivity contribution in [3.8, 4) is 0 Å². The lowest BCUT2D eigenvalue weighted by molar-refractivity contribution is -0.129. The number of nitrogens with one attached hydrogen (secondary N) is 2. The first-order valence-electron chi connectivity index (χ1n) is 6.65. The summed E-state index contributed by atoms with van der Waals surface area (Å²) in [6.07, 6.45) is 0.757. The Balaban J connectivity index is 2.86. The van der Waals surface area contributed by atoms with Gasteiger partial charge in [-0.15, -0.1) is 0 Å². The maximum atomic E-state index is 12.0. The normalized spacial score (nSPS) is 12.7. The lowest BCUT2D eigenvalue weighted by Gasteiger charge is -2.24. The van der Waals surface area contributed by atoms with Crippen LogP contribution in [0.25, 0.3) is 0 Å². The number of carbonyl (C=O) groups is 2. The molecule has 1 rings (SSSR count). The van der Waals surface area contributed by atoms with Crippen LogP contribution in [-0.2, 0) is 4.79 Å². The van der Waals surface area contributed by atoms with Crippen molar-refractivity contribution in [1.29, 1.82) is 0 Å². The quantitative estimate of drug-likeness (QED) is 0.584. The van der Waals surface area contributed by atoms with Crippen LogP contribution in [0.2, 0.25) is 0 Å². The molecular weight excluding hydrogens is 256 g/mol. The maximum Gasteiger partial charge on any atom is 0.274 e. The van der Waals surface area contributed by atoms with Crippen molar-refractivity contribution in [2.45, 2.75) is 40.2 Å². The highest BCUT2D eigenvalue weighted by atomic mass is 16.5. The molecule has 0 aliphatic carbocycles. The third-order valence-electron chi connectivity index (χ3n) is 3.07. The van der Waals surface area contributed by atoms with Gasteiger partial charge in [-0.25, -0.2) is 5.48 Å². The highest BCUT2D eigenvalue weighted by molar-refractivity contribution is 5.93. The van der Waals surface area contributed by atoms with Crippen molar-refractivity contribution in [2.24, 2.45) is 5.41 Å². The minimum Gasteiger partial charge on any atom is -0.349 e. The summed E-state index contributed by atoms with van der Waals surface area (Å²) >= 11 is 0. The van der Waals surface area contributed by atoms with Gasteiger partial charge in [-0.05, 0) is 24.1 Å². The lowest BCUT2D eigenvalue weighted by atomic mass is 9.94. The van der Waals surface area contributed by atoms with Crippen molar-refractivity contribution in [3.05, 3.63) is 35.4 Å². The Morgan fingerprint density at radius 1 is 1.20 bits per heavy atom. The molecule has 0 saturated heterocycles. The number of hydrogen-bond donors (Lipinski definition) is 3. The summed E-state index contributed by atoms with van der Waals surface area (Å²) in [5.41, 5.74) is 2.45. The van der Waals surface area contributed by atoms with E-state index in [9.17, 15) is 9.59 Å². The molecule has 1 atom stereocenters. The number of hydroxylamine groups is 1. The van der Waals surface area contributed by atoms with Crippen LogP contribution in [0.3, 0.4) is 0 Å². The zero-order valence-electron chi connectivity index (χ0n) is 12.4. The molecule has 110 valence electrons. The van der Waals surface area contributed by atoms with Crippen LogP contribution in [0.5, 0.6) is 0 Å². The number of carbonyl (C=O) groups excluding carboxylic acids is 2. The van der Waals surface area contributed by atoms with Crippen molar-refractivity contribution in [1.82, 2.24) is 10.8 Å². The van der Waals surface area contributed by atoms with E-state index in [0.717, 1.165) is 12.0 Å². The summed E-state index contributed by atoms with van der Waals surface area (Å²) in [7, 11) is 0. The molecule has 5 heteroatoms. The molecule has 3 N–H and O–H groups in total. The van der Waals surface area contributed by atoms with Gasteiger partial charge in [0, 0.05) is 11.0 Å². The van der Waals surface area contributed by atoms with E-state index in [1.54, 1.807) is 29.7 Å². The summed E-state index contributed by atoms with van der Waals surface area (Å²) in [5.74, 6) is -0.565. The number of benzene rings is 1. The number of hydrogen-bond acceptors (Lipinski definition) is 3. The third-order valence-corrected chi connectivity index (χ3v) is 3.07. The largest absolute Gasteiger partial charge is 0.349 e. The average molecular weight is 278 g/mol. The standard InChI is InChI=1S/C15H22N2O3/c1-5-12(16-14(19)15(2,3)4)10-6-8-11(9-7-10)13(18)17-20/h6-9,12,20H,5H2,1-4H3,(H,16,19)(H,17,18)/t12-/m0/s1. The van der Waals surface area contributed by atoms with Crippen molar-refractivity contribution >= 4 is 11.8 Å². The molecule has 0 radical (unpaired) electrons. The van der Waals surface area contributed by atoms with E-state index >= 15 is 0 Å². The average Bonchev–Trinajstić information content (AvgIpc) is 2.42. The van der Waals surface area contributed by atoms with Crippen LogP contribution in [0.15, 0.2) is 24.3 Å². The van der Waals surface area contributed by atoms with Gasteiger partial charge in [-0.3, -0.25) is 14.8 Å². The Kier molecular flexibility index (Phi) is 5.27. The summed E-state index contributed by atoms with van der Waals surface area (Å²) in [5, 5.41) is 11.6. The topological polar surface area (TPSA) is 78.4 Å². The summed E-state index contributed by atoms with van der Waals surface area (Å²) in [4.78, 5) is 23.3. The van der Waals surface area contributed by atoms with Gasteiger partial charge in [-0.2, -0.15) is 0 Å². The van der Waals surface area contributed by atoms with Gasteiger partial charge in [-0.1, -0.05) is 39.8 Å². The van der Waals surface area contributed by atoms with Gasteiger partial charge in [0.2, 0.25) is 5.91 Å².